The first-order valence-electron chi connectivity index (χ1n) is 5.87. The number of benzene rings is 2. The molecule has 0 bridgehead atoms. The molecule has 21 heavy (non-hydrogen) atoms. The van der Waals surface area contributed by atoms with E-state index in [4.69, 9.17) is 4.74 Å². The fraction of sp³-hybridized carbons (Fsp3) is 0.0667. The Bertz CT molecular complexity index is 683. The molecule has 0 saturated heterocycles. The van der Waals surface area contributed by atoms with Crippen LogP contribution in [0.3, 0.4) is 0 Å². The number of rotatable bonds is 3. The largest absolute Gasteiger partial charge is 0.465 e. The molecule has 0 atom stereocenters. The number of hydrogen-bond acceptors (Lipinski definition) is 4. The molecule has 0 unspecified atom stereocenters. The third-order valence-corrected chi connectivity index (χ3v) is 3.13. The summed E-state index contributed by atoms with van der Waals surface area (Å²) >= 11 is 3.11. The zero-order valence-corrected chi connectivity index (χ0v) is 12.5. The summed E-state index contributed by atoms with van der Waals surface area (Å²) < 4.78 is 23.6. The van der Waals surface area contributed by atoms with E-state index in [2.05, 4.69) is 20.7 Å². The molecule has 0 spiro atoms. The highest BCUT2D eigenvalue weighted by Gasteiger charge is 2.13. The van der Waals surface area contributed by atoms with Crippen LogP contribution >= 0.6 is 15.9 Å². The van der Waals surface area contributed by atoms with Gasteiger partial charge in [0.1, 0.15) is 0 Å². The predicted molar refractivity (Wildman–Crippen MR) is 76.8 cm³/mol. The SMILES string of the molecule is COC(=O)c1ccc(C(=O)Oc2ccc(Br)cc2F)cc1. The molecule has 0 saturated carbocycles. The van der Waals surface area contributed by atoms with Gasteiger partial charge in [-0.15, -0.1) is 0 Å². The number of methoxy groups -OCH3 is 1. The number of halogens is 2. The van der Waals surface area contributed by atoms with Crippen LogP contribution in [0, 0.1) is 5.82 Å². The summed E-state index contributed by atoms with van der Waals surface area (Å²) in [7, 11) is 1.26. The lowest BCUT2D eigenvalue weighted by Gasteiger charge is -2.06. The van der Waals surface area contributed by atoms with E-state index in [1.807, 2.05) is 0 Å². The fourth-order valence-electron chi connectivity index (χ4n) is 1.58. The molecule has 0 aliphatic carbocycles. The Kier molecular flexibility index (Phi) is 4.70. The zero-order valence-electron chi connectivity index (χ0n) is 10.9. The Morgan fingerprint density at radius 3 is 2.10 bits per heavy atom. The fourth-order valence-corrected chi connectivity index (χ4v) is 1.91. The molecule has 0 aromatic heterocycles. The zero-order chi connectivity index (χ0) is 15.4. The van der Waals surface area contributed by atoms with Crippen LogP contribution in [0.25, 0.3) is 0 Å². The van der Waals surface area contributed by atoms with Gasteiger partial charge in [-0.1, -0.05) is 15.9 Å². The van der Waals surface area contributed by atoms with Crippen LogP contribution in [0.1, 0.15) is 20.7 Å². The maximum absolute atomic E-state index is 13.6. The molecule has 2 aromatic rings. The molecule has 6 heteroatoms. The van der Waals surface area contributed by atoms with Crippen molar-refractivity contribution in [3.63, 3.8) is 0 Å². The molecular weight excluding hydrogens is 343 g/mol. The van der Waals surface area contributed by atoms with Gasteiger partial charge >= 0.3 is 11.9 Å². The summed E-state index contributed by atoms with van der Waals surface area (Å²) in [5, 5.41) is 0. The molecule has 2 rings (SSSR count). The lowest BCUT2D eigenvalue weighted by Crippen LogP contribution is -2.10. The van der Waals surface area contributed by atoms with Gasteiger partial charge < -0.3 is 9.47 Å². The first-order chi connectivity index (χ1) is 10.0. The van der Waals surface area contributed by atoms with Crippen LogP contribution in [0.4, 0.5) is 4.39 Å². The maximum atomic E-state index is 13.6. The lowest BCUT2D eigenvalue weighted by atomic mass is 10.1. The predicted octanol–water partition coefficient (Wildman–Crippen LogP) is 3.59. The third-order valence-electron chi connectivity index (χ3n) is 2.64. The Labute approximate surface area is 128 Å². The highest BCUT2D eigenvalue weighted by Crippen LogP contribution is 2.22. The second-order valence-electron chi connectivity index (χ2n) is 4.03. The normalized spacial score (nSPS) is 10.0. The standard InChI is InChI=1S/C15H10BrFO4/c1-20-14(18)9-2-4-10(5-3-9)15(19)21-13-7-6-11(16)8-12(13)17/h2-8H,1H3. The van der Waals surface area contributed by atoms with E-state index >= 15 is 0 Å². The van der Waals surface area contributed by atoms with Gasteiger partial charge in [-0.05, 0) is 42.5 Å². The van der Waals surface area contributed by atoms with Crippen molar-refractivity contribution in [3.8, 4) is 5.75 Å². The molecule has 0 aliphatic heterocycles. The average molecular weight is 353 g/mol. The van der Waals surface area contributed by atoms with Gasteiger partial charge in [0, 0.05) is 4.47 Å². The maximum Gasteiger partial charge on any atom is 0.343 e. The molecule has 0 N–H and O–H groups in total. The number of esters is 2. The summed E-state index contributed by atoms with van der Waals surface area (Å²) in [6.45, 7) is 0. The van der Waals surface area contributed by atoms with Gasteiger partial charge in [-0.2, -0.15) is 0 Å². The van der Waals surface area contributed by atoms with Gasteiger partial charge in [0.15, 0.2) is 11.6 Å². The van der Waals surface area contributed by atoms with Crippen molar-refractivity contribution in [1.29, 1.82) is 0 Å². The van der Waals surface area contributed by atoms with Crippen LogP contribution in [-0.4, -0.2) is 19.0 Å². The van der Waals surface area contributed by atoms with E-state index in [1.54, 1.807) is 6.07 Å². The highest BCUT2D eigenvalue weighted by atomic mass is 79.9. The molecule has 2 aromatic carbocycles. The molecule has 0 heterocycles. The van der Waals surface area contributed by atoms with E-state index in [0.29, 0.717) is 10.0 Å². The first-order valence-corrected chi connectivity index (χ1v) is 6.66. The third kappa shape index (κ3) is 3.66. The van der Waals surface area contributed by atoms with Crippen molar-refractivity contribution in [2.45, 2.75) is 0 Å². The molecule has 0 amide bonds. The van der Waals surface area contributed by atoms with E-state index < -0.39 is 17.8 Å². The van der Waals surface area contributed by atoms with Crippen LogP contribution < -0.4 is 4.74 Å². The second-order valence-corrected chi connectivity index (χ2v) is 4.95. The van der Waals surface area contributed by atoms with E-state index in [9.17, 15) is 14.0 Å². The number of carbonyl (C=O) groups excluding carboxylic acids is 2. The number of ether oxygens (including phenoxy) is 2. The van der Waals surface area contributed by atoms with Crippen LogP contribution in [0.15, 0.2) is 46.9 Å². The Morgan fingerprint density at radius 2 is 1.57 bits per heavy atom. The van der Waals surface area contributed by atoms with E-state index in [-0.39, 0.29) is 11.3 Å². The second kappa shape index (κ2) is 6.49. The van der Waals surface area contributed by atoms with Crippen molar-refractivity contribution in [3.05, 3.63) is 63.9 Å². The van der Waals surface area contributed by atoms with Crippen molar-refractivity contribution in [1.82, 2.24) is 0 Å². The summed E-state index contributed by atoms with van der Waals surface area (Å²) in [4.78, 5) is 23.2. The van der Waals surface area contributed by atoms with Crippen LogP contribution in [0.5, 0.6) is 5.75 Å². The summed E-state index contributed by atoms with van der Waals surface area (Å²) in [5.74, 6) is -2.04. The topological polar surface area (TPSA) is 52.6 Å². The Balaban J connectivity index is 2.15. The number of hydrogen-bond donors (Lipinski definition) is 0. The van der Waals surface area contributed by atoms with Crippen molar-refractivity contribution in [2.24, 2.45) is 0 Å². The first kappa shape index (κ1) is 15.2. The minimum atomic E-state index is -0.715. The van der Waals surface area contributed by atoms with Gasteiger partial charge in [0.25, 0.3) is 0 Å². The molecule has 0 radical (unpaired) electrons. The van der Waals surface area contributed by atoms with Crippen molar-refractivity contribution in [2.75, 3.05) is 7.11 Å². The number of carbonyl (C=O) groups is 2. The smallest absolute Gasteiger partial charge is 0.343 e. The minimum Gasteiger partial charge on any atom is -0.465 e. The minimum absolute atomic E-state index is 0.166. The van der Waals surface area contributed by atoms with Crippen molar-refractivity contribution < 1.29 is 23.5 Å². The summed E-state index contributed by atoms with van der Waals surface area (Å²) in [5.41, 5.74) is 0.508. The van der Waals surface area contributed by atoms with Gasteiger partial charge in [-0.3, -0.25) is 0 Å². The Hall–Kier alpha value is -2.21. The lowest BCUT2D eigenvalue weighted by molar-refractivity contribution is 0.0599. The Morgan fingerprint density at radius 1 is 1.00 bits per heavy atom. The van der Waals surface area contributed by atoms with Crippen LogP contribution in [-0.2, 0) is 4.74 Å². The average Bonchev–Trinajstić information content (AvgIpc) is 2.49. The van der Waals surface area contributed by atoms with E-state index in [1.165, 1.54) is 43.5 Å². The van der Waals surface area contributed by atoms with Crippen LogP contribution in [0.2, 0.25) is 0 Å². The summed E-state index contributed by atoms with van der Waals surface area (Å²) in [6.07, 6.45) is 0. The molecule has 0 aliphatic rings. The van der Waals surface area contributed by atoms with Gasteiger partial charge in [-0.25, -0.2) is 14.0 Å². The molecule has 4 nitrogen and oxygen atoms in total. The van der Waals surface area contributed by atoms with Crippen molar-refractivity contribution >= 4 is 27.9 Å². The summed E-state index contributed by atoms with van der Waals surface area (Å²) in [6, 6.07) is 9.78. The molecule has 108 valence electrons. The quantitative estimate of drug-likeness (QED) is 0.625. The molecule has 0 fully saturated rings. The molecular formula is C15H10BrFO4. The van der Waals surface area contributed by atoms with Gasteiger partial charge in [0.05, 0.1) is 18.2 Å². The monoisotopic (exact) mass is 352 g/mol. The highest BCUT2D eigenvalue weighted by molar-refractivity contribution is 9.10. The van der Waals surface area contributed by atoms with E-state index in [0.717, 1.165) is 0 Å². The van der Waals surface area contributed by atoms with Gasteiger partial charge in [0.2, 0.25) is 0 Å².